The summed E-state index contributed by atoms with van der Waals surface area (Å²) in [5.74, 6) is 0.0489. The monoisotopic (exact) mass is 341 g/mol. The molecule has 1 aliphatic heterocycles. The van der Waals surface area contributed by atoms with Crippen LogP contribution in [-0.2, 0) is 4.74 Å². The van der Waals surface area contributed by atoms with Gasteiger partial charge in [-0.3, -0.25) is 5.41 Å². The minimum atomic E-state index is -0.315. The molecule has 5 nitrogen and oxygen atoms in total. The molecule has 1 aromatic carbocycles. The standard InChI is InChI=1S/C14H20BrN3O2/c1-14(2)8-18(6-10(7-19)20-14)12-4-3-9(13(16)17)5-11(12)15/h3-5,10,19H,6-8H2,1-2H3,(H3,16,17). The molecule has 0 spiro atoms. The van der Waals surface area contributed by atoms with Crippen LogP contribution >= 0.6 is 15.9 Å². The second kappa shape index (κ2) is 5.71. The highest BCUT2D eigenvalue weighted by molar-refractivity contribution is 9.10. The van der Waals surface area contributed by atoms with Gasteiger partial charge in [0.25, 0.3) is 0 Å². The van der Waals surface area contributed by atoms with E-state index in [2.05, 4.69) is 20.8 Å². The van der Waals surface area contributed by atoms with Crippen molar-refractivity contribution in [3.8, 4) is 0 Å². The predicted molar refractivity (Wildman–Crippen MR) is 83.4 cm³/mol. The normalized spacial score (nSPS) is 21.8. The van der Waals surface area contributed by atoms with E-state index in [0.717, 1.165) is 16.7 Å². The minimum absolute atomic E-state index is 0.00305. The Labute approximate surface area is 127 Å². The third-order valence-corrected chi connectivity index (χ3v) is 3.92. The van der Waals surface area contributed by atoms with Crippen LogP contribution in [0.2, 0.25) is 0 Å². The first-order valence-electron chi connectivity index (χ1n) is 6.50. The number of aliphatic hydroxyl groups excluding tert-OH is 1. The van der Waals surface area contributed by atoms with Crippen LogP contribution in [0, 0.1) is 5.41 Å². The van der Waals surface area contributed by atoms with E-state index in [1.807, 2.05) is 32.0 Å². The molecular weight excluding hydrogens is 322 g/mol. The number of nitrogen functional groups attached to an aromatic ring is 1. The summed E-state index contributed by atoms with van der Waals surface area (Å²) in [7, 11) is 0. The Kier molecular flexibility index (Phi) is 4.36. The van der Waals surface area contributed by atoms with Crippen LogP contribution in [0.3, 0.4) is 0 Å². The van der Waals surface area contributed by atoms with E-state index < -0.39 is 0 Å². The van der Waals surface area contributed by atoms with Crippen molar-refractivity contribution in [2.24, 2.45) is 5.73 Å². The van der Waals surface area contributed by atoms with Gasteiger partial charge in [0.05, 0.1) is 24.0 Å². The molecule has 110 valence electrons. The van der Waals surface area contributed by atoms with Gasteiger partial charge in [0, 0.05) is 23.1 Å². The molecule has 1 atom stereocenters. The zero-order valence-corrected chi connectivity index (χ0v) is 13.3. The third kappa shape index (κ3) is 3.31. The van der Waals surface area contributed by atoms with E-state index >= 15 is 0 Å². The molecule has 2 rings (SSSR count). The number of nitrogens with two attached hydrogens (primary N) is 1. The maximum absolute atomic E-state index is 9.37. The number of benzene rings is 1. The van der Waals surface area contributed by atoms with Gasteiger partial charge in [-0.1, -0.05) is 0 Å². The topological polar surface area (TPSA) is 82.6 Å². The molecule has 4 N–H and O–H groups in total. The van der Waals surface area contributed by atoms with Gasteiger partial charge in [-0.25, -0.2) is 0 Å². The number of morpholine rings is 1. The molecule has 0 aliphatic carbocycles. The highest BCUT2D eigenvalue weighted by atomic mass is 79.9. The lowest BCUT2D eigenvalue weighted by molar-refractivity contribution is -0.101. The first kappa shape index (κ1) is 15.3. The average Bonchev–Trinajstić information content (AvgIpc) is 2.36. The molecular formula is C14H20BrN3O2. The Hall–Kier alpha value is -1.11. The molecule has 0 saturated carbocycles. The van der Waals surface area contributed by atoms with Crippen LogP contribution in [0.4, 0.5) is 5.69 Å². The van der Waals surface area contributed by atoms with Crippen LogP contribution in [0.25, 0.3) is 0 Å². The summed E-state index contributed by atoms with van der Waals surface area (Å²) in [6.07, 6.45) is -0.196. The van der Waals surface area contributed by atoms with Crippen LogP contribution in [0.15, 0.2) is 22.7 Å². The number of hydrogen-bond acceptors (Lipinski definition) is 4. The van der Waals surface area contributed by atoms with Gasteiger partial charge in [0.2, 0.25) is 0 Å². The molecule has 1 aromatic rings. The third-order valence-electron chi connectivity index (χ3n) is 3.28. The molecule has 1 fully saturated rings. The highest BCUT2D eigenvalue weighted by Gasteiger charge is 2.33. The van der Waals surface area contributed by atoms with Crippen LogP contribution < -0.4 is 10.6 Å². The Morgan fingerprint density at radius 3 is 2.85 bits per heavy atom. The van der Waals surface area contributed by atoms with E-state index in [9.17, 15) is 5.11 Å². The first-order chi connectivity index (χ1) is 9.32. The maximum atomic E-state index is 9.37. The highest BCUT2D eigenvalue weighted by Crippen LogP contribution is 2.32. The van der Waals surface area contributed by atoms with Gasteiger partial charge >= 0.3 is 0 Å². The van der Waals surface area contributed by atoms with E-state index in [1.165, 1.54) is 0 Å². The maximum Gasteiger partial charge on any atom is 0.122 e. The number of amidine groups is 1. The van der Waals surface area contributed by atoms with Crippen molar-refractivity contribution in [1.82, 2.24) is 0 Å². The molecule has 0 amide bonds. The summed E-state index contributed by atoms with van der Waals surface area (Å²) in [6, 6.07) is 5.61. The van der Waals surface area contributed by atoms with E-state index in [1.54, 1.807) is 0 Å². The molecule has 0 bridgehead atoms. The smallest absolute Gasteiger partial charge is 0.122 e. The fraction of sp³-hybridized carbons (Fsp3) is 0.500. The largest absolute Gasteiger partial charge is 0.394 e. The summed E-state index contributed by atoms with van der Waals surface area (Å²) in [6.45, 7) is 5.40. The number of ether oxygens (including phenoxy) is 1. The van der Waals surface area contributed by atoms with Crippen molar-refractivity contribution < 1.29 is 9.84 Å². The fourth-order valence-corrected chi connectivity index (χ4v) is 3.13. The van der Waals surface area contributed by atoms with Crippen molar-refractivity contribution in [3.05, 3.63) is 28.2 Å². The molecule has 0 radical (unpaired) electrons. The van der Waals surface area contributed by atoms with Crippen molar-refractivity contribution in [3.63, 3.8) is 0 Å². The lowest BCUT2D eigenvalue weighted by atomic mass is 10.0. The summed E-state index contributed by atoms with van der Waals surface area (Å²) < 4.78 is 6.70. The molecule has 1 unspecified atom stereocenters. The number of nitrogens with one attached hydrogen (secondary N) is 1. The van der Waals surface area contributed by atoms with Crippen molar-refractivity contribution in [2.75, 3.05) is 24.6 Å². The zero-order chi connectivity index (χ0) is 14.9. The Bertz CT molecular complexity index is 519. The number of nitrogens with zero attached hydrogens (tertiary/aromatic N) is 1. The SMILES string of the molecule is CC1(C)CN(c2ccc(C(=N)N)cc2Br)CC(CO)O1. The van der Waals surface area contributed by atoms with Crippen LogP contribution in [-0.4, -0.2) is 42.3 Å². The molecule has 1 heterocycles. The van der Waals surface area contributed by atoms with Gasteiger partial charge in [0.15, 0.2) is 0 Å². The summed E-state index contributed by atoms with van der Waals surface area (Å²) >= 11 is 3.53. The number of aliphatic hydroxyl groups is 1. The lowest BCUT2D eigenvalue weighted by Gasteiger charge is -2.43. The minimum Gasteiger partial charge on any atom is -0.394 e. The van der Waals surface area contributed by atoms with Crippen LogP contribution in [0.5, 0.6) is 0 Å². The second-order valence-electron chi connectivity index (χ2n) is 5.64. The first-order valence-corrected chi connectivity index (χ1v) is 7.29. The lowest BCUT2D eigenvalue weighted by Crippen LogP contribution is -2.54. The molecule has 1 aliphatic rings. The fourth-order valence-electron chi connectivity index (χ4n) is 2.51. The van der Waals surface area contributed by atoms with Crippen LogP contribution in [0.1, 0.15) is 19.4 Å². The summed E-state index contributed by atoms with van der Waals surface area (Å²) in [5.41, 5.74) is 6.88. The average molecular weight is 342 g/mol. The quantitative estimate of drug-likeness (QED) is 0.577. The second-order valence-corrected chi connectivity index (χ2v) is 6.50. The summed E-state index contributed by atoms with van der Waals surface area (Å²) in [4.78, 5) is 2.18. The molecule has 6 heteroatoms. The summed E-state index contributed by atoms with van der Waals surface area (Å²) in [5, 5.41) is 16.8. The van der Waals surface area contributed by atoms with Gasteiger partial charge in [-0.05, 0) is 48.0 Å². The molecule has 20 heavy (non-hydrogen) atoms. The Morgan fingerprint density at radius 1 is 1.60 bits per heavy atom. The van der Waals surface area contributed by atoms with Gasteiger partial charge in [0.1, 0.15) is 5.84 Å². The molecule has 1 saturated heterocycles. The zero-order valence-electron chi connectivity index (χ0n) is 11.7. The Balaban J connectivity index is 2.28. The van der Waals surface area contributed by atoms with E-state index in [0.29, 0.717) is 12.1 Å². The molecule has 0 aromatic heterocycles. The predicted octanol–water partition coefficient (Wildman–Crippen LogP) is 1.71. The van der Waals surface area contributed by atoms with Crippen molar-refractivity contribution in [1.29, 1.82) is 5.41 Å². The van der Waals surface area contributed by atoms with Gasteiger partial charge in [-0.15, -0.1) is 0 Å². The number of halogens is 1. The Morgan fingerprint density at radius 2 is 2.30 bits per heavy atom. The van der Waals surface area contributed by atoms with E-state index in [4.69, 9.17) is 15.9 Å². The van der Waals surface area contributed by atoms with Gasteiger partial charge in [-0.2, -0.15) is 0 Å². The number of anilines is 1. The van der Waals surface area contributed by atoms with Crippen molar-refractivity contribution >= 4 is 27.5 Å². The van der Waals surface area contributed by atoms with E-state index in [-0.39, 0.29) is 24.1 Å². The number of hydrogen-bond donors (Lipinski definition) is 3. The van der Waals surface area contributed by atoms with Gasteiger partial charge < -0.3 is 20.5 Å². The number of rotatable bonds is 3. The van der Waals surface area contributed by atoms with Crippen molar-refractivity contribution in [2.45, 2.75) is 25.6 Å².